The number of amides is 1. The number of fused-ring (bicyclic) bond motifs is 2. The zero-order valence-corrected chi connectivity index (χ0v) is 15.3. The number of hydrogen-bond donors (Lipinski definition) is 1. The van der Waals surface area contributed by atoms with Crippen LogP contribution in [-0.2, 0) is 12.8 Å². The topological polar surface area (TPSA) is 32.3 Å². The molecule has 0 spiro atoms. The Balaban J connectivity index is 1.49. The Bertz CT molecular complexity index is 603. The first-order chi connectivity index (χ1) is 10.9. The van der Waals surface area contributed by atoms with Crippen molar-refractivity contribution in [3.05, 3.63) is 21.4 Å². The fraction of sp³-hybridized carbons (Fsp3) is 0.737. The molecule has 3 aliphatic rings. The summed E-state index contributed by atoms with van der Waals surface area (Å²) in [5.74, 6) is 2.38. The molecule has 23 heavy (non-hydrogen) atoms. The fourth-order valence-corrected chi connectivity index (χ4v) is 5.72. The summed E-state index contributed by atoms with van der Waals surface area (Å²) < 4.78 is 0. The summed E-state index contributed by atoms with van der Waals surface area (Å²) in [6.07, 6.45) is 3.58. The lowest BCUT2D eigenvalue weighted by atomic mass is 9.72. The SMILES string of the molecule is CC(C)(C)C1CCc2sc(C(=O)N3C[C@H]4CNC[C@H]4C3)cc2C1. The maximum Gasteiger partial charge on any atom is 0.263 e. The Morgan fingerprint density at radius 2 is 1.96 bits per heavy atom. The van der Waals surface area contributed by atoms with Crippen LogP contribution in [0.25, 0.3) is 0 Å². The summed E-state index contributed by atoms with van der Waals surface area (Å²) in [6.45, 7) is 11.1. The third-order valence-corrected chi connectivity index (χ3v) is 7.42. The van der Waals surface area contributed by atoms with E-state index in [-0.39, 0.29) is 5.91 Å². The van der Waals surface area contributed by atoms with E-state index in [1.165, 1.54) is 16.9 Å². The Kier molecular flexibility index (Phi) is 3.80. The molecule has 2 saturated heterocycles. The molecule has 3 heterocycles. The number of rotatable bonds is 1. The van der Waals surface area contributed by atoms with Gasteiger partial charge in [0, 0.05) is 31.1 Å². The van der Waals surface area contributed by atoms with Gasteiger partial charge in [-0.2, -0.15) is 0 Å². The summed E-state index contributed by atoms with van der Waals surface area (Å²) in [5, 5.41) is 3.45. The first kappa shape index (κ1) is 15.6. The maximum atomic E-state index is 12.9. The second-order valence-corrected chi connectivity index (χ2v) is 9.89. The van der Waals surface area contributed by atoms with Crippen LogP contribution in [0.3, 0.4) is 0 Å². The molecule has 1 amide bonds. The zero-order chi connectivity index (χ0) is 16.2. The third-order valence-electron chi connectivity index (χ3n) is 6.20. The molecule has 2 aliphatic heterocycles. The molecule has 0 bridgehead atoms. The summed E-state index contributed by atoms with van der Waals surface area (Å²) in [5.41, 5.74) is 1.81. The highest BCUT2D eigenvalue weighted by Crippen LogP contribution is 2.40. The lowest BCUT2D eigenvalue weighted by Crippen LogP contribution is -2.31. The van der Waals surface area contributed by atoms with Crippen LogP contribution in [0.1, 0.15) is 47.3 Å². The second-order valence-electron chi connectivity index (χ2n) is 8.75. The van der Waals surface area contributed by atoms with Gasteiger partial charge in [0.1, 0.15) is 0 Å². The lowest BCUT2D eigenvalue weighted by Gasteiger charge is -2.33. The molecular weight excluding hydrogens is 304 g/mol. The molecule has 0 radical (unpaired) electrons. The van der Waals surface area contributed by atoms with Crippen molar-refractivity contribution >= 4 is 17.2 Å². The number of carbonyl (C=O) groups excluding carboxylic acids is 1. The molecule has 126 valence electrons. The minimum Gasteiger partial charge on any atom is -0.337 e. The monoisotopic (exact) mass is 332 g/mol. The predicted molar refractivity (Wildman–Crippen MR) is 95.0 cm³/mol. The van der Waals surface area contributed by atoms with E-state index in [2.05, 4.69) is 37.1 Å². The number of aryl methyl sites for hydroxylation is 1. The van der Waals surface area contributed by atoms with Gasteiger partial charge < -0.3 is 10.2 Å². The van der Waals surface area contributed by atoms with Gasteiger partial charge in [-0.15, -0.1) is 11.3 Å². The number of thiophene rings is 1. The van der Waals surface area contributed by atoms with Crippen LogP contribution in [0.5, 0.6) is 0 Å². The van der Waals surface area contributed by atoms with Gasteiger partial charge in [-0.3, -0.25) is 4.79 Å². The first-order valence-corrected chi connectivity index (χ1v) is 9.85. The molecule has 1 aromatic heterocycles. The quantitative estimate of drug-likeness (QED) is 0.856. The molecule has 1 aliphatic carbocycles. The van der Waals surface area contributed by atoms with Crippen LogP contribution in [0, 0.1) is 23.2 Å². The number of nitrogens with zero attached hydrogens (tertiary/aromatic N) is 1. The van der Waals surface area contributed by atoms with Crippen LogP contribution in [0.4, 0.5) is 0 Å². The third kappa shape index (κ3) is 2.85. The molecular formula is C19H28N2OS. The van der Waals surface area contributed by atoms with Crippen molar-refractivity contribution in [3.63, 3.8) is 0 Å². The van der Waals surface area contributed by atoms with Gasteiger partial charge in [0.25, 0.3) is 5.91 Å². The van der Waals surface area contributed by atoms with Crippen molar-refractivity contribution in [3.8, 4) is 0 Å². The predicted octanol–water partition coefficient (Wildman–Crippen LogP) is 3.19. The molecule has 2 fully saturated rings. The van der Waals surface area contributed by atoms with Gasteiger partial charge in [-0.25, -0.2) is 0 Å². The number of likely N-dealkylation sites (tertiary alicyclic amines) is 1. The van der Waals surface area contributed by atoms with E-state index in [0.717, 1.165) is 49.8 Å². The van der Waals surface area contributed by atoms with Crippen LogP contribution >= 0.6 is 11.3 Å². The summed E-state index contributed by atoms with van der Waals surface area (Å²) in [4.78, 5) is 17.4. The molecule has 0 saturated carbocycles. The smallest absolute Gasteiger partial charge is 0.263 e. The zero-order valence-electron chi connectivity index (χ0n) is 14.5. The summed E-state index contributed by atoms with van der Waals surface area (Å²) in [6, 6.07) is 2.21. The molecule has 1 aromatic rings. The van der Waals surface area contributed by atoms with Crippen molar-refractivity contribution in [1.82, 2.24) is 10.2 Å². The highest BCUT2D eigenvalue weighted by Gasteiger charge is 2.39. The van der Waals surface area contributed by atoms with Crippen molar-refractivity contribution < 1.29 is 4.79 Å². The second kappa shape index (κ2) is 5.59. The van der Waals surface area contributed by atoms with Crippen molar-refractivity contribution in [1.29, 1.82) is 0 Å². The lowest BCUT2D eigenvalue weighted by molar-refractivity contribution is 0.0786. The molecule has 4 rings (SSSR count). The number of nitrogens with one attached hydrogen (secondary N) is 1. The molecule has 1 unspecified atom stereocenters. The van der Waals surface area contributed by atoms with Gasteiger partial charge >= 0.3 is 0 Å². The Hall–Kier alpha value is -0.870. The van der Waals surface area contributed by atoms with E-state index in [0.29, 0.717) is 17.3 Å². The average Bonchev–Trinajstić information content (AvgIpc) is 3.17. The first-order valence-electron chi connectivity index (χ1n) is 9.03. The summed E-state index contributed by atoms with van der Waals surface area (Å²) in [7, 11) is 0. The van der Waals surface area contributed by atoms with E-state index in [4.69, 9.17) is 0 Å². The maximum absolute atomic E-state index is 12.9. The van der Waals surface area contributed by atoms with E-state index >= 15 is 0 Å². The highest BCUT2D eigenvalue weighted by atomic mass is 32.1. The van der Waals surface area contributed by atoms with Crippen LogP contribution < -0.4 is 5.32 Å². The standard InChI is InChI=1S/C19H28N2OS/c1-19(2,3)15-4-5-16-12(6-15)7-17(23-16)18(22)21-10-13-8-20-9-14(13)11-21/h7,13-15,20H,4-6,8-11H2,1-3H3/t13-,14+,15?. The van der Waals surface area contributed by atoms with Crippen LogP contribution in [0.2, 0.25) is 0 Å². The van der Waals surface area contributed by atoms with E-state index in [9.17, 15) is 4.79 Å². The van der Waals surface area contributed by atoms with Gasteiger partial charge in [0.05, 0.1) is 4.88 Å². The fourth-order valence-electron chi connectivity index (χ4n) is 4.55. The molecule has 3 nitrogen and oxygen atoms in total. The Morgan fingerprint density at radius 1 is 1.26 bits per heavy atom. The Labute approximate surface area is 143 Å². The number of carbonyl (C=O) groups is 1. The Morgan fingerprint density at radius 3 is 2.61 bits per heavy atom. The van der Waals surface area contributed by atoms with E-state index in [1.54, 1.807) is 11.3 Å². The minimum absolute atomic E-state index is 0.283. The minimum atomic E-state index is 0.283. The average molecular weight is 333 g/mol. The van der Waals surface area contributed by atoms with Gasteiger partial charge in [0.2, 0.25) is 0 Å². The van der Waals surface area contributed by atoms with Crippen molar-refractivity contribution in [2.75, 3.05) is 26.2 Å². The summed E-state index contributed by atoms with van der Waals surface area (Å²) >= 11 is 1.76. The van der Waals surface area contributed by atoms with Crippen molar-refractivity contribution in [2.45, 2.75) is 40.0 Å². The largest absolute Gasteiger partial charge is 0.337 e. The van der Waals surface area contributed by atoms with Crippen LogP contribution in [-0.4, -0.2) is 37.0 Å². The van der Waals surface area contributed by atoms with Gasteiger partial charge in [0.15, 0.2) is 0 Å². The van der Waals surface area contributed by atoms with Gasteiger partial charge in [-0.05, 0) is 54.1 Å². The number of hydrogen-bond acceptors (Lipinski definition) is 3. The van der Waals surface area contributed by atoms with E-state index in [1.807, 2.05) is 0 Å². The molecule has 3 atom stereocenters. The van der Waals surface area contributed by atoms with Gasteiger partial charge in [-0.1, -0.05) is 20.8 Å². The molecule has 1 N–H and O–H groups in total. The normalized spacial score (nSPS) is 30.4. The van der Waals surface area contributed by atoms with Crippen LogP contribution in [0.15, 0.2) is 6.07 Å². The van der Waals surface area contributed by atoms with Crippen molar-refractivity contribution in [2.24, 2.45) is 23.2 Å². The molecule has 4 heteroatoms. The van der Waals surface area contributed by atoms with E-state index < -0.39 is 0 Å². The molecule has 0 aromatic carbocycles. The highest BCUT2D eigenvalue weighted by molar-refractivity contribution is 7.14.